The minimum Gasteiger partial charge on any atom is -0.505 e. The first-order valence-corrected chi connectivity index (χ1v) is 6.93. The zero-order valence-corrected chi connectivity index (χ0v) is 10.9. The number of nitrogens with zero attached hydrogens (tertiary/aromatic N) is 2. The molecule has 2 aliphatic heterocycles. The normalized spacial score (nSPS) is 26.9. The molecule has 19 heavy (non-hydrogen) atoms. The van der Waals surface area contributed by atoms with Crippen LogP contribution in [0.4, 0.5) is 0 Å². The number of fused-ring (bicyclic) bond motifs is 1. The van der Waals surface area contributed by atoms with E-state index in [2.05, 4.69) is 15.2 Å². The number of hydrogen-bond donors (Lipinski definition) is 2. The van der Waals surface area contributed by atoms with E-state index in [0.717, 1.165) is 19.4 Å². The van der Waals surface area contributed by atoms with Gasteiger partial charge in [-0.1, -0.05) is 0 Å². The van der Waals surface area contributed by atoms with E-state index in [0.29, 0.717) is 6.04 Å². The summed E-state index contributed by atoms with van der Waals surface area (Å²) >= 11 is 0. The molecule has 0 radical (unpaired) electrons. The predicted molar refractivity (Wildman–Crippen MR) is 71.0 cm³/mol. The molecule has 0 aromatic carbocycles. The molecule has 0 spiro atoms. The van der Waals surface area contributed by atoms with Crippen LogP contribution in [0.1, 0.15) is 36.2 Å². The van der Waals surface area contributed by atoms with Crippen LogP contribution in [0, 0.1) is 0 Å². The first kappa shape index (κ1) is 12.4. The average Bonchev–Trinajstić information content (AvgIpc) is 2.86. The Hall–Kier alpha value is -1.62. The van der Waals surface area contributed by atoms with Crippen LogP contribution in [-0.2, 0) is 0 Å². The van der Waals surface area contributed by atoms with Crippen molar-refractivity contribution in [3.8, 4) is 5.75 Å². The molecule has 3 heterocycles. The molecule has 2 atom stereocenters. The Balaban J connectivity index is 1.62. The summed E-state index contributed by atoms with van der Waals surface area (Å²) in [6.07, 6.45) is 6.02. The molecule has 0 saturated carbocycles. The van der Waals surface area contributed by atoms with E-state index in [1.165, 1.54) is 31.6 Å². The fraction of sp³-hybridized carbons (Fsp3) is 0.571. The molecule has 3 rings (SSSR count). The van der Waals surface area contributed by atoms with E-state index in [4.69, 9.17) is 0 Å². The maximum Gasteiger partial charge on any atom is 0.273 e. The first-order chi connectivity index (χ1) is 9.24. The molecular formula is C14H19N3O2. The minimum absolute atomic E-state index is 0.0571. The smallest absolute Gasteiger partial charge is 0.273 e. The largest absolute Gasteiger partial charge is 0.505 e. The molecular weight excluding hydrogens is 242 g/mol. The van der Waals surface area contributed by atoms with Gasteiger partial charge in [0.15, 0.2) is 5.69 Å². The Kier molecular flexibility index (Phi) is 3.38. The highest BCUT2D eigenvalue weighted by atomic mass is 16.3. The number of pyridine rings is 1. The molecule has 2 fully saturated rings. The number of rotatable bonds is 2. The third-order valence-corrected chi connectivity index (χ3v) is 4.16. The van der Waals surface area contributed by atoms with Gasteiger partial charge in [-0.05, 0) is 44.4 Å². The van der Waals surface area contributed by atoms with Gasteiger partial charge in [0.05, 0.1) is 0 Å². The lowest BCUT2D eigenvalue weighted by Gasteiger charge is -2.35. The molecule has 2 unspecified atom stereocenters. The zero-order chi connectivity index (χ0) is 13.2. The van der Waals surface area contributed by atoms with Gasteiger partial charge in [-0.15, -0.1) is 0 Å². The third kappa shape index (κ3) is 2.56. The second-order valence-electron chi connectivity index (χ2n) is 5.40. The van der Waals surface area contributed by atoms with Crippen LogP contribution in [0.15, 0.2) is 18.3 Å². The van der Waals surface area contributed by atoms with Crippen molar-refractivity contribution in [2.45, 2.75) is 37.8 Å². The van der Waals surface area contributed by atoms with Crippen molar-refractivity contribution in [1.29, 1.82) is 0 Å². The van der Waals surface area contributed by atoms with Gasteiger partial charge in [0.2, 0.25) is 0 Å². The summed E-state index contributed by atoms with van der Waals surface area (Å²) in [4.78, 5) is 18.5. The van der Waals surface area contributed by atoms with Gasteiger partial charge in [0.25, 0.3) is 5.91 Å². The van der Waals surface area contributed by atoms with Gasteiger partial charge in [-0.2, -0.15) is 0 Å². The van der Waals surface area contributed by atoms with Gasteiger partial charge in [0.1, 0.15) is 5.75 Å². The lowest BCUT2D eigenvalue weighted by atomic mass is 9.97. The number of aromatic nitrogens is 1. The number of aromatic hydroxyl groups is 1. The summed E-state index contributed by atoms with van der Waals surface area (Å²) in [5.41, 5.74) is 0.122. The van der Waals surface area contributed by atoms with Crippen molar-refractivity contribution in [1.82, 2.24) is 15.2 Å². The van der Waals surface area contributed by atoms with Gasteiger partial charge < -0.3 is 15.3 Å². The quantitative estimate of drug-likeness (QED) is 0.838. The maximum atomic E-state index is 12.1. The molecule has 2 saturated heterocycles. The summed E-state index contributed by atoms with van der Waals surface area (Å²) in [6.45, 7) is 2.26. The van der Waals surface area contributed by atoms with Crippen molar-refractivity contribution in [3.05, 3.63) is 24.0 Å². The van der Waals surface area contributed by atoms with Crippen molar-refractivity contribution in [2.24, 2.45) is 0 Å². The van der Waals surface area contributed by atoms with Crippen LogP contribution in [-0.4, -0.2) is 46.1 Å². The summed E-state index contributed by atoms with van der Waals surface area (Å²) in [5.74, 6) is -0.326. The van der Waals surface area contributed by atoms with Crippen LogP contribution >= 0.6 is 0 Å². The molecule has 2 aliphatic rings. The summed E-state index contributed by atoms with van der Waals surface area (Å²) in [5, 5.41) is 12.6. The summed E-state index contributed by atoms with van der Waals surface area (Å²) in [6, 6.07) is 3.93. The van der Waals surface area contributed by atoms with E-state index >= 15 is 0 Å². The van der Waals surface area contributed by atoms with Gasteiger partial charge in [-0.3, -0.25) is 4.79 Å². The monoisotopic (exact) mass is 261 g/mol. The van der Waals surface area contributed by atoms with Gasteiger partial charge in [0, 0.05) is 24.8 Å². The molecule has 1 aromatic heterocycles. The van der Waals surface area contributed by atoms with E-state index in [-0.39, 0.29) is 23.4 Å². The second-order valence-corrected chi connectivity index (χ2v) is 5.40. The highest BCUT2D eigenvalue weighted by molar-refractivity contribution is 5.94. The number of amides is 1. The minimum atomic E-state index is -0.269. The third-order valence-electron chi connectivity index (χ3n) is 4.16. The van der Waals surface area contributed by atoms with Crippen molar-refractivity contribution in [3.63, 3.8) is 0 Å². The average molecular weight is 261 g/mol. The fourth-order valence-electron chi connectivity index (χ4n) is 3.18. The maximum absolute atomic E-state index is 12.1. The number of carbonyl (C=O) groups excluding carboxylic acids is 1. The summed E-state index contributed by atoms with van der Waals surface area (Å²) < 4.78 is 0. The van der Waals surface area contributed by atoms with E-state index in [1.807, 2.05) is 0 Å². The predicted octanol–water partition coefficient (Wildman–Crippen LogP) is 1.14. The van der Waals surface area contributed by atoms with Crippen LogP contribution in [0.2, 0.25) is 0 Å². The Morgan fingerprint density at radius 3 is 3.16 bits per heavy atom. The van der Waals surface area contributed by atoms with Gasteiger partial charge in [-0.25, -0.2) is 4.98 Å². The number of nitrogens with one attached hydrogen (secondary N) is 1. The van der Waals surface area contributed by atoms with Crippen molar-refractivity contribution >= 4 is 5.91 Å². The topological polar surface area (TPSA) is 65.5 Å². The second kappa shape index (κ2) is 5.17. The molecule has 5 nitrogen and oxygen atoms in total. The van der Waals surface area contributed by atoms with Crippen LogP contribution in [0.5, 0.6) is 5.75 Å². The number of hydrogen-bond acceptors (Lipinski definition) is 4. The Morgan fingerprint density at radius 2 is 2.32 bits per heavy atom. The Morgan fingerprint density at radius 1 is 1.42 bits per heavy atom. The molecule has 0 bridgehead atoms. The highest BCUT2D eigenvalue weighted by Gasteiger charge is 2.32. The molecule has 1 aromatic rings. The molecule has 0 aliphatic carbocycles. The lowest BCUT2D eigenvalue weighted by Crippen LogP contribution is -2.47. The highest BCUT2D eigenvalue weighted by Crippen LogP contribution is 2.27. The molecule has 102 valence electrons. The molecule has 2 N–H and O–H groups in total. The van der Waals surface area contributed by atoms with E-state index in [1.54, 1.807) is 6.07 Å². The Bertz CT molecular complexity index is 478. The zero-order valence-electron chi connectivity index (χ0n) is 10.9. The summed E-state index contributed by atoms with van der Waals surface area (Å²) in [7, 11) is 0. The van der Waals surface area contributed by atoms with Crippen LogP contribution < -0.4 is 5.32 Å². The number of carbonyl (C=O) groups is 1. The SMILES string of the molecule is O=C(NC1CCN2CCCC2C1)c1ncccc1O. The van der Waals surface area contributed by atoms with E-state index < -0.39 is 0 Å². The van der Waals surface area contributed by atoms with Crippen molar-refractivity contribution < 1.29 is 9.90 Å². The van der Waals surface area contributed by atoms with E-state index in [9.17, 15) is 9.90 Å². The fourth-order valence-corrected chi connectivity index (χ4v) is 3.18. The molecule has 1 amide bonds. The van der Waals surface area contributed by atoms with Crippen LogP contribution in [0.25, 0.3) is 0 Å². The van der Waals surface area contributed by atoms with Gasteiger partial charge >= 0.3 is 0 Å². The lowest BCUT2D eigenvalue weighted by molar-refractivity contribution is 0.0888. The Labute approximate surface area is 112 Å². The standard InChI is InChI=1S/C14H19N3O2/c18-12-4-1-6-15-13(12)14(19)16-10-5-8-17-7-2-3-11(17)9-10/h1,4,6,10-11,18H,2-3,5,7-9H2,(H,16,19). The number of piperidine rings is 1. The van der Waals surface area contributed by atoms with Crippen LogP contribution in [0.3, 0.4) is 0 Å². The molecule has 5 heteroatoms. The van der Waals surface area contributed by atoms with Crippen molar-refractivity contribution in [2.75, 3.05) is 13.1 Å². The first-order valence-electron chi connectivity index (χ1n) is 6.93.